The molecular formula is C14H27N5O. The molecule has 0 aliphatic rings. The summed E-state index contributed by atoms with van der Waals surface area (Å²) in [5.74, 6) is 0.0224. The molecule has 1 aromatic rings. The molecule has 0 aliphatic heterocycles. The maximum atomic E-state index is 11.7. The Hall–Kier alpha value is -1.40. The van der Waals surface area contributed by atoms with Gasteiger partial charge >= 0.3 is 0 Å². The summed E-state index contributed by atoms with van der Waals surface area (Å²) in [6.45, 7) is 11.8. The zero-order chi connectivity index (χ0) is 14.8. The summed E-state index contributed by atoms with van der Waals surface area (Å²) in [5.41, 5.74) is 0.769. The average Bonchev–Trinajstić information content (AvgIpc) is 2.88. The smallest absolute Gasteiger partial charge is 0.225 e. The van der Waals surface area contributed by atoms with Gasteiger partial charge in [0.25, 0.3) is 0 Å². The Balaban J connectivity index is 2.33. The summed E-state index contributed by atoms with van der Waals surface area (Å²) in [7, 11) is 0. The van der Waals surface area contributed by atoms with E-state index in [9.17, 15) is 4.79 Å². The van der Waals surface area contributed by atoms with E-state index >= 15 is 0 Å². The molecule has 2 N–H and O–H groups in total. The Morgan fingerprint density at radius 1 is 1.35 bits per heavy atom. The number of carbonyl (C=O) groups is 1. The zero-order valence-electron chi connectivity index (χ0n) is 12.9. The number of carbonyl (C=O) groups excluding carboxylic acids is 1. The summed E-state index contributed by atoms with van der Waals surface area (Å²) >= 11 is 0. The number of nitrogens with zero attached hydrogens (tertiary/aromatic N) is 3. The number of likely N-dealkylation sites (N-methyl/N-ethyl adjacent to an activating group) is 1. The molecule has 1 rings (SSSR count). The average molecular weight is 281 g/mol. The van der Waals surface area contributed by atoms with Crippen LogP contribution in [0.3, 0.4) is 0 Å². The lowest BCUT2D eigenvalue weighted by molar-refractivity contribution is -0.116. The molecule has 6 nitrogen and oxygen atoms in total. The van der Waals surface area contributed by atoms with Crippen LogP contribution >= 0.6 is 0 Å². The van der Waals surface area contributed by atoms with Crippen molar-refractivity contribution in [3.63, 3.8) is 0 Å². The van der Waals surface area contributed by atoms with E-state index in [2.05, 4.69) is 34.5 Å². The van der Waals surface area contributed by atoms with Crippen LogP contribution in [0.5, 0.6) is 0 Å². The van der Waals surface area contributed by atoms with E-state index in [-0.39, 0.29) is 5.91 Å². The molecule has 1 aromatic heterocycles. The lowest BCUT2D eigenvalue weighted by atomic mass is 10.4. The second-order valence-electron chi connectivity index (χ2n) is 4.67. The van der Waals surface area contributed by atoms with Crippen molar-refractivity contribution in [1.29, 1.82) is 0 Å². The fourth-order valence-electron chi connectivity index (χ4n) is 1.94. The van der Waals surface area contributed by atoms with E-state index in [1.54, 1.807) is 6.20 Å². The molecule has 114 valence electrons. The Morgan fingerprint density at radius 3 is 2.75 bits per heavy atom. The first-order valence-electron chi connectivity index (χ1n) is 7.44. The predicted molar refractivity (Wildman–Crippen MR) is 81.8 cm³/mol. The number of amides is 1. The summed E-state index contributed by atoms with van der Waals surface area (Å²) < 4.78 is 1.87. The summed E-state index contributed by atoms with van der Waals surface area (Å²) in [4.78, 5) is 14.0. The van der Waals surface area contributed by atoms with E-state index in [1.165, 1.54) is 0 Å². The highest BCUT2D eigenvalue weighted by atomic mass is 16.1. The van der Waals surface area contributed by atoms with Gasteiger partial charge in [0.15, 0.2) is 0 Å². The quantitative estimate of drug-likeness (QED) is 0.632. The molecule has 0 aliphatic carbocycles. The monoisotopic (exact) mass is 281 g/mol. The van der Waals surface area contributed by atoms with Crippen LogP contribution in [0, 0.1) is 0 Å². The van der Waals surface area contributed by atoms with Gasteiger partial charge < -0.3 is 15.5 Å². The van der Waals surface area contributed by atoms with Gasteiger partial charge in [-0.05, 0) is 19.6 Å². The Morgan fingerprint density at radius 2 is 2.10 bits per heavy atom. The van der Waals surface area contributed by atoms with E-state index in [1.807, 2.05) is 17.8 Å². The van der Waals surface area contributed by atoms with Gasteiger partial charge in [-0.2, -0.15) is 5.10 Å². The van der Waals surface area contributed by atoms with Gasteiger partial charge in [-0.15, -0.1) is 0 Å². The number of nitrogens with one attached hydrogen (secondary N) is 2. The van der Waals surface area contributed by atoms with Gasteiger partial charge in [-0.1, -0.05) is 20.8 Å². The molecule has 1 heterocycles. The van der Waals surface area contributed by atoms with E-state index in [4.69, 9.17) is 0 Å². The first-order valence-corrected chi connectivity index (χ1v) is 7.44. The third kappa shape index (κ3) is 6.16. The Kier molecular flexibility index (Phi) is 7.91. The van der Waals surface area contributed by atoms with Crippen molar-refractivity contribution in [1.82, 2.24) is 20.0 Å². The van der Waals surface area contributed by atoms with Gasteiger partial charge in [0.1, 0.15) is 0 Å². The highest BCUT2D eigenvalue weighted by molar-refractivity contribution is 5.90. The van der Waals surface area contributed by atoms with Crippen molar-refractivity contribution in [2.75, 3.05) is 38.0 Å². The molecule has 20 heavy (non-hydrogen) atoms. The molecule has 0 atom stereocenters. The molecule has 0 bridgehead atoms. The van der Waals surface area contributed by atoms with Crippen LogP contribution in [0.1, 0.15) is 27.2 Å². The van der Waals surface area contributed by atoms with Crippen molar-refractivity contribution in [3.8, 4) is 0 Å². The van der Waals surface area contributed by atoms with E-state index < -0.39 is 0 Å². The summed E-state index contributed by atoms with van der Waals surface area (Å²) in [6.07, 6.45) is 4.07. The number of hydrogen-bond acceptors (Lipinski definition) is 4. The van der Waals surface area contributed by atoms with Crippen molar-refractivity contribution < 1.29 is 4.79 Å². The maximum Gasteiger partial charge on any atom is 0.225 e. The lowest BCUT2D eigenvalue weighted by Crippen LogP contribution is -2.27. The van der Waals surface area contributed by atoms with Gasteiger partial charge in [-0.3, -0.25) is 9.48 Å². The molecule has 0 spiro atoms. The zero-order valence-corrected chi connectivity index (χ0v) is 12.9. The highest BCUT2D eigenvalue weighted by Gasteiger charge is 2.05. The van der Waals surface area contributed by atoms with Crippen LogP contribution < -0.4 is 10.6 Å². The minimum Gasteiger partial charge on any atom is -0.323 e. The molecule has 0 unspecified atom stereocenters. The molecule has 0 radical (unpaired) electrons. The summed E-state index contributed by atoms with van der Waals surface area (Å²) in [6, 6.07) is 0. The van der Waals surface area contributed by atoms with Gasteiger partial charge in [0.2, 0.25) is 5.91 Å². The van der Waals surface area contributed by atoms with Gasteiger partial charge in [0, 0.05) is 25.7 Å². The van der Waals surface area contributed by atoms with Crippen LogP contribution in [-0.2, 0) is 11.3 Å². The molecule has 6 heteroatoms. The second kappa shape index (κ2) is 9.50. The molecule has 0 aromatic carbocycles. The van der Waals surface area contributed by atoms with Crippen LogP contribution in [-0.4, -0.2) is 53.3 Å². The van der Waals surface area contributed by atoms with Crippen molar-refractivity contribution >= 4 is 11.6 Å². The predicted octanol–water partition coefficient (Wildman–Crippen LogP) is 1.16. The second-order valence-corrected chi connectivity index (χ2v) is 4.67. The number of aromatic nitrogens is 2. The normalized spacial score (nSPS) is 11.0. The number of anilines is 1. The van der Waals surface area contributed by atoms with Crippen molar-refractivity contribution in [3.05, 3.63) is 12.4 Å². The van der Waals surface area contributed by atoms with Crippen molar-refractivity contribution in [2.24, 2.45) is 0 Å². The lowest BCUT2D eigenvalue weighted by Gasteiger charge is -2.17. The highest BCUT2D eigenvalue weighted by Crippen LogP contribution is 2.05. The maximum absolute atomic E-state index is 11.7. The van der Waals surface area contributed by atoms with E-state index in [0.29, 0.717) is 13.0 Å². The fourth-order valence-corrected chi connectivity index (χ4v) is 1.94. The number of rotatable bonds is 10. The first kappa shape index (κ1) is 16.7. The molecule has 1 amide bonds. The molecular weight excluding hydrogens is 254 g/mol. The summed E-state index contributed by atoms with van der Waals surface area (Å²) in [5, 5.41) is 10.3. The van der Waals surface area contributed by atoms with Crippen LogP contribution in [0.15, 0.2) is 12.4 Å². The minimum atomic E-state index is 0.0224. The third-order valence-corrected chi connectivity index (χ3v) is 3.24. The molecule has 0 fully saturated rings. The topological polar surface area (TPSA) is 62.2 Å². The Labute approximate surface area is 121 Å². The molecule has 0 saturated carbocycles. The Bertz CT molecular complexity index is 387. The van der Waals surface area contributed by atoms with E-state index in [0.717, 1.165) is 38.4 Å². The number of hydrogen-bond donors (Lipinski definition) is 2. The fraction of sp³-hybridized carbons (Fsp3) is 0.714. The standard InChI is InChI=1S/C14H27N5O/c1-4-15-8-7-14(20)17-13-11-16-19(12-13)10-9-18(5-2)6-3/h11-12,15H,4-10H2,1-3H3,(H,17,20). The van der Waals surface area contributed by atoms with Crippen molar-refractivity contribution in [2.45, 2.75) is 33.7 Å². The van der Waals surface area contributed by atoms with Gasteiger partial charge in [-0.25, -0.2) is 0 Å². The minimum absolute atomic E-state index is 0.0224. The van der Waals surface area contributed by atoms with Crippen LogP contribution in [0.25, 0.3) is 0 Å². The van der Waals surface area contributed by atoms with Crippen LogP contribution in [0.4, 0.5) is 5.69 Å². The third-order valence-electron chi connectivity index (χ3n) is 3.24. The first-order chi connectivity index (χ1) is 9.69. The SMILES string of the molecule is CCNCCC(=O)Nc1cnn(CCN(CC)CC)c1. The largest absolute Gasteiger partial charge is 0.323 e. The van der Waals surface area contributed by atoms with Crippen LogP contribution in [0.2, 0.25) is 0 Å². The molecule has 0 saturated heterocycles. The van der Waals surface area contributed by atoms with Gasteiger partial charge in [0.05, 0.1) is 18.4 Å².